The second kappa shape index (κ2) is 8.14. The van der Waals surface area contributed by atoms with E-state index in [0.717, 1.165) is 23.8 Å². The fourth-order valence-electron chi connectivity index (χ4n) is 3.01. The van der Waals surface area contributed by atoms with Crippen molar-refractivity contribution in [2.45, 2.75) is 26.3 Å². The Morgan fingerprint density at radius 1 is 1.26 bits per heavy atom. The van der Waals surface area contributed by atoms with Crippen LogP contribution in [0, 0.1) is 0 Å². The lowest BCUT2D eigenvalue weighted by Gasteiger charge is -2.16. The van der Waals surface area contributed by atoms with Crippen molar-refractivity contribution in [2.75, 3.05) is 14.1 Å². The van der Waals surface area contributed by atoms with Gasteiger partial charge in [-0.2, -0.15) is 0 Å². The van der Waals surface area contributed by atoms with Crippen molar-refractivity contribution in [3.63, 3.8) is 0 Å². The van der Waals surface area contributed by atoms with Crippen LogP contribution in [0.3, 0.4) is 0 Å². The largest absolute Gasteiger partial charge is 0.422 e. The van der Waals surface area contributed by atoms with Crippen molar-refractivity contribution in [3.05, 3.63) is 69.8 Å². The molecule has 0 amide bonds. The molecule has 2 heterocycles. The van der Waals surface area contributed by atoms with E-state index in [4.69, 9.17) is 9.15 Å². The summed E-state index contributed by atoms with van der Waals surface area (Å²) in [4.78, 5) is 30.4. The molecule has 0 aliphatic carbocycles. The Kier molecular flexibility index (Phi) is 5.66. The zero-order chi connectivity index (χ0) is 19.4. The molecular formula is C21H22N2O4. The zero-order valence-corrected chi connectivity index (χ0v) is 15.7. The van der Waals surface area contributed by atoms with Crippen molar-refractivity contribution < 1.29 is 13.9 Å². The Bertz CT molecular complexity index is 1010. The molecule has 0 spiro atoms. The lowest BCUT2D eigenvalue weighted by molar-refractivity contribution is 0.0732. The Hall–Kier alpha value is -2.99. The predicted molar refractivity (Wildman–Crippen MR) is 103 cm³/mol. The van der Waals surface area contributed by atoms with Crippen LogP contribution in [0.5, 0.6) is 5.75 Å². The van der Waals surface area contributed by atoms with Crippen LogP contribution in [-0.2, 0) is 13.0 Å². The van der Waals surface area contributed by atoms with Crippen molar-refractivity contribution in [1.29, 1.82) is 0 Å². The fraction of sp³-hybridized carbons (Fsp3) is 0.286. The van der Waals surface area contributed by atoms with Crippen LogP contribution >= 0.6 is 0 Å². The smallest absolute Gasteiger partial charge is 0.345 e. The minimum Gasteiger partial charge on any atom is -0.422 e. The molecule has 0 unspecified atom stereocenters. The van der Waals surface area contributed by atoms with Crippen LogP contribution in [0.4, 0.5) is 0 Å². The number of ether oxygens (including phenoxy) is 1. The summed E-state index contributed by atoms with van der Waals surface area (Å²) in [5, 5.41) is 0.870. The van der Waals surface area contributed by atoms with Gasteiger partial charge in [-0.25, -0.2) is 9.59 Å². The molecule has 140 valence electrons. The van der Waals surface area contributed by atoms with Crippen molar-refractivity contribution in [3.8, 4) is 5.75 Å². The molecule has 0 bridgehead atoms. The van der Waals surface area contributed by atoms with Gasteiger partial charge in [0.15, 0.2) is 0 Å². The summed E-state index contributed by atoms with van der Waals surface area (Å²) in [5.41, 5.74) is 2.03. The normalized spacial score (nSPS) is 11.1. The number of hydrogen-bond acceptors (Lipinski definition) is 6. The molecular weight excluding hydrogens is 344 g/mol. The third-order valence-corrected chi connectivity index (χ3v) is 4.15. The van der Waals surface area contributed by atoms with Crippen molar-refractivity contribution in [1.82, 2.24) is 9.88 Å². The Morgan fingerprint density at radius 2 is 2.07 bits per heavy atom. The van der Waals surface area contributed by atoms with E-state index in [2.05, 4.69) is 11.9 Å². The highest BCUT2D eigenvalue weighted by molar-refractivity contribution is 5.92. The molecule has 3 rings (SSSR count). The first-order valence-electron chi connectivity index (χ1n) is 8.85. The van der Waals surface area contributed by atoms with Gasteiger partial charge in [0, 0.05) is 30.4 Å². The molecule has 0 aliphatic heterocycles. The number of aromatic nitrogens is 1. The predicted octanol–water partition coefficient (Wildman–Crippen LogP) is 3.42. The summed E-state index contributed by atoms with van der Waals surface area (Å²) in [5.74, 6) is -0.128. The van der Waals surface area contributed by atoms with Crippen LogP contribution in [-0.4, -0.2) is 29.9 Å². The monoisotopic (exact) mass is 366 g/mol. The lowest BCUT2D eigenvalue weighted by atomic mass is 10.0. The van der Waals surface area contributed by atoms with E-state index in [9.17, 15) is 9.59 Å². The maximum Gasteiger partial charge on any atom is 0.345 e. The molecule has 0 saturated carbocycles. The van der Waals surface area contributed by atoms with E-state index < -0.39 is 11.6 Å². The van der Waals surface area contributed by atoms with Gasteiger partial charge in [-0.15, -0.1) is 0 Å². The highest BCUT2D eigenvalue weighted by Gasteiger charge is 2.18. The first-order valence-corrected chi connectivity index (χ1v) is 8.85. The molecule has 3 aromatic rings. The first kappa shape index (κ1) is 18.8. The number of esters is 1. The number of carbonyl (C=O) groups excluding carboxylic acids is 1. The number of benzene rings is 1. The van der Waals surface area contributed by atoms with Gasteiger partial charge < -0.3 is 14.1 Å². The van der Waals surface area contributed by atoms with Crippen LogP contribution in [0.1, 0.15) is 34.8 Å². The minimum absolute atomic E-state index is 0.356. The summed E-state index contributed by atoms with van der Waals surface area (Å²) < 4.78 is 11.1. The molecule has 6 nitrogen and oxygen atoms in total. The number of aryl methyl sites for hydroxylation is 1. The molecule has 0 N–H and O–H groups in total. The van der Waals surface area contributed by atoms with E-state index in [1.165, 1.54) is 12.3 Å². The van der Waals surface area contributed by atoms with E-state index >= 15 is 0 Å². The van der Waals surface area contributed by atoms with Gasteiger partial charge in [0.05, 0.1) is 11.1 Å². The fourth-order valence-corrected chi connectivity index (χ4v) is 3.01. The number of nitrogens with zero attached hydrogens (tertiary/aromatic N) is 2. The van der Waals surface area contributed by atoms with Crippen LogP contribution in [0.2, 0.25) is 0 Å². The number of pyridine rings is 1. The van der Waals surface area contributed by atoms with E-state index in [0.29, 0.717) is 29.0 Å². The average molecular weight is 366 g/mol. The van der Waals surface area contributed by atoms with Crippen molar-refractivity contribution in [2.24, 2.45) is 0 Å². The number of carbonyl (C=O) groups is 1. The number of rotatable bonds is 6. The maximum atomic E-state index is 12.5. The van der Waals surface area contributed by atoms with Gasteiger partial charge in [-0.1, -0.05) is 13.3 Å². The van der Waals surface area contributed by atoms with Gasteiger partial charge in [0.25, 0.3) is 0 Å². The average Bonchev–Trinajstić information content (AvgIpc) is 2.64. The molecule has 27 heavy (non-hydrogen) atoms. The van der Waals surface area contributed by atoms with Crippen LogP contribution in [0.15, 0.2) is 51.9 Å². The van der Waals surface area contributed by atoms with Gasteiger partial charge in [0.2, 0.25) is 0 Å². The Balaban J connectivity index is 2.12. The topological polar surface area (TPSA) is 72.6 Å². The number of fused-ring (bicyclic) bond motifs is 1. The molecule has 0 atom stereocenters. The third kappa shape index (κ3) is 4.23. The molecule has 1 aromatic carbocycles. The third-order valence-electron chi connectivity index (χ3n) is 4.15. The van der Waals surface area contributed by atoms with Gasteiger partial charge in [-0.3, -0.25) is 4.98 Å². The van der Waals surface area contributed by atoms with Crippen LogP contribution in [0.25, 0.3) is 11.0 Å². The lowest BCUT2D eigenvalue weighted by Crippen LogP contribution is -2.16. The van der Waals surface area contributed by atoms with Gasteiger partial charge >= 0.3 is 11.6 Å². The second-order valence-corrected chi connectivity index (χ2v) is 6.63. The summed E-state index contributed by atoms with van der Waals surface area (Å²) >= 11 is 0. The Labute approximate surface area is 157 Å². The summed E-state index contributed by atoms with van der Waals surface area (Å²) in [7, 11) is 3.80. The molecule has 0 fully saturated rings. The van der Waals surface area contributed by atoms with Gasteiger partial charge in [0.1, 0.15) is 11.3 Å². The minimum atomic E-state index is -0.505. The highest BCUT2D eigenvalue weighted by atomic mass is 16.5. The summed E-state index contributed by atoms with van der Waals surface area (Å²) in [6, 6.07) is 8.45. The summed E-state index contributed by atoms with van der Waals surface area (Å²) in [6.07, 6.45) is 4.74. The standard InChI is InChI=1S/C21H22N2O4/c1-4-6-14-11-19(24)27-20-16(14)8-9-18(17(20)13-23(2)3)26-21(25)15-7-5-10-22-12-15/h5,7-12H,4,6,13H2,1-3H3. The molecule has 0 aliphatic rings. The quantitative estimate of drug-likeness (QED) is 0.378. The van der Waals surface area contributed by atoms with E-state index in [1.807, 2.05) is 25.1 Å². The zero-order valence-electron chi connectivity index (χ0n) is 15.7. The van der Waals surface area contributed by atoms with Crippen LogP contribution < -0.4 is 10.4 Å². The summed E-state index contributed by atoms with van der Waals surface area (Å²) in [6.45, 7) is 2.52. The first-order chi connectivity index (χ1) is 13.0. The van der Waals surface area contributed by atoms with E-state index in [1.54, 1.807) is 24.4 Å². The Morgan fingerprint density at radius 3 is 2.74 bits per heavy atom. The highest BCUT2D eigenvalue weighted by Crippen LogP contribution is 2.31. The second-order valence-electron chi connectivity index (χ2n) is 6.63. The molecule has 0 radical (unpaired) electrons. The molecule has 2 aromatic heterocycles. The SMILES string of the molecule is CCCc1cc(=O)oc2c(CN(C)C)c(OC(=O)c3cccnc3)ccc12. The van der Waals surface area contributed by atoms with Crippen molar-refractivity contribution >= 4 is 16.9 Å². The van der Waals surface area contributed by atoms with Gasteiger partial charge in [-0.05, 0) is 50.3 Å². The molecule has 0 saturated heterocycles. The number of hydrogen-bond donors (Lipinski definition) is 0. The molecule has 6 heteroatoms. The van der Waals surface area contributed by atoms with E-state index in [-0.39, 0.29) is 0 Å². The maximum absolute atomic E-state index is 12.5.